The normalized spacial score (nSPS) is 17.4. The third-order valence-corrected chi connectivity index (χ3v) is 3.15. The molecule has 1 N–H and O–H groups in total. The average Bonchev–Trinajstić information content (AvgIpc) is 2.98. The number of nitrogens with one attached hydrogen (secondary N) is 1. The van der Waals surface area contributed by atoms with E-state index < -0.39 is 5.97 Å². The molecular weight excluding hydrogens is 274 g/mol. The minimum atomic E-state index is -1.23. The quantitative estimate of drug-likeness (QED) is 0.799. The van der Waals surface area contributed by atoms with Crippen molar-refractivity contribution in [1.29, 1.82) is 0 Å². The minimum Gasteiger partial charge on any atom is -0.550 e. The van der Waals surface area contributed by atoms with E-state index in [-0.39, 0.29) is 24.9 Å². The van der Waals surface area contributed by atoms with Crippen LogP contribution in [0.1, 0.15) is 25.7 Å². The molecule has 0 spiro atoms. The van der Waals surface area contributed by atoms with Crippen LogP contribution < -0.4 is 15.2 Å². The van der Waals surface area contributed by atoms with E-state index in [9.17, 15) is 14.7 Å². The summed E-state index contributed by atoms with van der Waals surface area (Å²) in [6, 6.07) is 6.93. The fourth-order valence-corrected chi connectivity index (χ4v) is 2.04. The molecule has 6 heteroatoms. The summed E-state index contributed by atoms with van der Waals surface area (Å²) in [5.41, 5.74) is 0.600. The lowest BCUT2D eigenvalue weighted by Crippen LogP contribution is -2.24. The predicted molar refractivity (Wildman–Crippen MR) is 73.8 cm³/mol. The van der Waals surface area contributed by atoms with Crippen LogP contribution in [-0.2, 0) is 14.3 Å². The number of benzene rings is 1. The van der Waals surface area contributed by atoms with Crippen LogP contribution in [0, 0.1) is 0 Å². The molecule has 114 valence electrons. The van der Waals surface area contributed by atoms with E-state index in [1.54, 1.807) is 24.3 Å². The molecule has 1 fully saturated rings. The van der Waals surface area contributed by atoms with Gasteiger partial charge in [0.15, 0.2) is 0 Å². The Kier molecular flexibility index (Phi) is 5.57. The van der Waals surface area contributed by atoms with Crippen LogP contribution in [0.25, 0.3) is 0 Å². The Morgan fingerprint density at radius 2 is 2.05 bits per heavy atom. The average molecular weight is 292 g/mol. The molecule has 0 bridgehead atoms. The van der Waals surface area contributed by atoms with Gasteiger partial charge in [-0.15, -0.1) is 0 Å². The van der Waals surface area contributed by atoms with E-state index in [0.29, 0.717) is 18.0 Å². The van der Waals surface area contributed by atoms with Crippen molar-refractivity contribution in [2.45, 2.75) is 31.8 Å². The Balaban J connectivity index is 1.75. The van der Waals surface area contributed by atoms with Gasteiger partial charge in [0.05, 0.1) is 6.10 Å². The van der Waals surface area contributed by atoms with Crippen molar-refractivity contribution >= 4 is 17.6 Å². The van der Waals surface area contributed by atoms with Gasteiger partial charge in [0.2, 0.25) is 5.91 Å². The van der Waals surface area contributed by atoms with E-state index in [1.807, 2.05) is 0 Å². The maximum atomic E-state index is 11.5. The molecule has 1 aliphatic heterocycles. The van der Waals surface area contributed by atoms with E-state index >= 15 is 0 Å². The predicted octanol–water partition coefficient (Wildman–Crippen LogP) is 0.713. The first-order chi connectivity index (χ1) is 10.1. The van der Waals surface area contributed by atoms with Crippen LogP contribution in [0.2, 0.25) is 0 Å². The highest BCUT2D eigenvalue weighted by Crippen LogP contribution is 2.18. The zero-order valence-electron chi connectivity index (χ0n) is 11.7. The molecular formula is C15H18NO5-. The number of carbonyl (C=O) groups excluding carboxylic acids is 2. The number of ether oxygens (including phenoxy) is 2. The summed E-state index contributed by atoms with van der Waals surface area (Å²) in [5.74, 6) is -0.881. The molecule has 21 heavy (non-hydrogen) atoms. The fourth-order valence-electron chi connectivity index (χ4n) is 2.04. The Hall–Kier alpha value is -2.08. The van der Waals surface area contributed by atoms with Crippen LogP contribution in [-0.4, -0.2) is 31.2 Å². The second-order valence-corrected chi connectivity index (χ2v) is 4.89. The van der Waals surface area contributed by atoms with Crippen molar-refractivity contribution in [1.82, 2.24) is 0 Å². The highest BCUT2D eigenvalue weighted by atomic mass is 16.5. The topological polar surface area (TPSA) is 87.7 Å². The summed E-state index contributed by atoms with van der Waals surface area (Å²) < 4.78 is 11.1. The Morgan fingerprint density at radius 1 is 1.29 bits per heavy atom. The van der Waals surface area contributed by atoms with Crippen molar-refractivity contribution in [3.8, 4) is 5.75 Å². The van der Waals surface area contributed by atoms with Crippen molar-refractivity contribution in [3.63, 3.8) is 0 Å². The monoisotopic (exact) mass is 292 g/mol. The van der Waals surface area contributed by atoms with Gasteiger partial charge in [-0.3, -0.25) is 4.79 Å². The number of amides is 1. The van der Waals surface area contributed by atoms with Crippen molar-refractivity contribution < 1.29 is 24.2 Å². The number of anilines is 1. The van der Waals surface area contributed by atoms with Crippen LogP contribution in [0.3, 0.4) is 0 Å². The van der Waals surface area contributed by atoms with Gasteiger partial charge in [-0.05, 0) is 43.5 Å². The molecule has 0 saturated carbocycles. The summed E-state index contributed by atoms with van der Waals surface area (Å²) in [7, 11) is 0. The zero-order chi connectivity index (χ0) is 15.1. The first-order valence-corrected chi connectivity index (χ1v) is 6.97. The molecule has 1 aromatic carbocycles. The Morgan fingerprint density at radius 3 is 2.67 bits per heavy atom. The second-order valence-electron chi connectivity index (χ2n) is 4.89. The standard InChI is InChI=1S/C15H19NO5/c17-14(7-8-15(18)19)16-11-3-5-12(6-4-11)21-10-13-2-1-9-20-13/h3-6,13H,1-2,7-10H2,(H,16,17)(H,18,19)/p-1/t13-/m1/s1. The summed E-state index contributed by atoms with van der Waals surface area (Å²) >= 11 is 0. The maximum Gasteiger partial charge on any atom is 0.224 e. The fraction of sp³-hybridized carbons (Fsp3) is 0.467. The molecule has 2 rings (SSSR count). The minimum absolute atomic E-state index is 0.0976. The lowest BCUT2D eigenvalue weighted by Gasteiger charge is -2.12. The highest BCUT2D eigenvalue weighted by molar-refractivity contribution is 5.92. The number of hydrogen-bond donors (Lipinski definition) is 1. The molecule has 1 heterocycles. The summed E-state index contributed by atoms with van der Waals surface area (Å²) in [6.07, 6.45) is 1.87. The van der Waals surface area contributed by atoms with Gasteiger partial charge in [-0.1, -0.05) is 0 Å². The summed E-state index contributed by atoms with van der Waals surface area (Å²) in [5, 5.41) is 12.9. The molecule has 0 aromatic heterocycles. The van der Waals surface area contributed by atoms with Crippen LogP contribution >= 0.6 is 0 Å². The largest absolute Gasteiger partial charge is 0.550 e. The molecule has 1 aliphatic rings. The van der Waals surface area contributed by atoms with E-state index in [4.69, 9.17) is 9.47 Å². The molecule has 0 unspecified atom stereocenters. The van der Waals surface area contributed by atoms with Gasteiger partial charge in [0.1, 0.15) is 12.4 Å². The van der Waals surface area contributed by atoms with Crippen molar-refractivity contribution in [2.24, 2.45) is 0 Å². The van der Waals surface area contributed by atoms with Crippen LogP contribution in [0.4, 0.5) is 5.69 Å². The number of rotatable bonds is 7. The Bertz CT molecular complexity index is 479. The lowest BCUT2D eigenvalue weighted by atomic mass is 10.2. The molecule has 6 nitrogen and oxygen atoms in total. The number of carbonyl (C=O) groups is 2. The van der Waals surface area contributed by atoms with Crippen LogP contribution in [0.15, 0.2) is 24.3 Å². The third-order valence-electron chi connectivity index (χ3n) is 3.15. The van der Waals surface area contributed by atoms with Gasteiger partial charge in [0, 0.05) is 24.7 Å². The molecule has 1 amide bonds. The van der Waals surface area contributed by atoms with Crippen LogP contribution in [0.5, 0.6) is 5.75 Å². The van der Waals surface area contributed by atoms with Gasteiger partial charge in [-0.25, -0.2) is 0 Å². The molecule has 0 radical (unpaired) electrons. The highest BCUT2D eigenvalue weighted by Gasteiger charge is 2.15. The van der Waals surface area contributed by atoms with Gasteiger partial charge in [0.25, 0.3) is 0 Å². The zero-order valence-corrected chi connectivity index (χ0v) is 11.7. The van der Waals surface area contributed by atoms with E-state index in [2.05, 4.69) is 5.32 Å². The smallest absolute Gasteiger partial charge is 0.224 e. The third kappa shape index (κ3) is 5.43. The molecule has 1 atom stereocenters. The van der Waals surface area contributed by atoms with Gasteiger partial charge in [-0.2, -0.15) is 0 Å². The van der Waals surface area contributed by atoms with Gasteiger partial charge < -0.3 is 24.7 Å². The van der Waals surface area contributed by atoms with Crippen molar-refractivity contribution in [3.05, 3.63) is 24.3 Å². The van der Waals surface area contributed by atoms with Gasteiger partial charge >= 0.3 is 0 Å². The summed E-state index contributed by atoms with van der Waals surface area (Å²) in [4.78, 5) is 21.7. The molecule has 0 aliphatic carbocycles. The lowest BCUT2D eigenvalue weighted by molar-refractivity contribution is -0.305. The number of hydrogen-bond acceptors (Lipinski definition) is 5. The van der Waals surface area contributed by atoms with Crippen molar-refractivity contribution in [2.75, 3.05) is 18.5 Å². The molecule has 1 saturated heterocycles. The maximum absolute atomic E-state index is 11.5. The van der Waals surface area contributed by atoms with E-state index in [0.717, 1.165) is 19.4 Å². The van der Waals surface area contributed by atoms with E-state index in [1.165, 1.54) is 0 Å². The first-order valence-electron chi connectivity index (χ1n) is 6.97. The molecule has 1 aromatic rings. The number of carboxylic acid groups (broad SMARTS) is 1. The SMILES string of the molecule is O=C([O-])CCC(=O)Nc1ccc(OC[C@H]2CCCO2)cc1. The number of carboxylic acids is 1. The second kappa shape index (κ2) is 7.64. The summed E-state index contributed by atoms with van der Waals surface area (Å²) in [6.45, 7) is 1.32. The Labute approximate surface area is 123 Å². The number of aliphatic carboxylic acids is 1. The first kappa shape index (κ1) is 15.3.